The summed E-state index contributed by atoms with van der Waals surface area (Å²) in [6.45, 7) is -0.503. The van der Waals surface area contributed by atoms with Crippen LogP contribution in [0.1, 0.15) is 0 Å². The highest BCUT2D eigenvalue weighted by Crippen LogP contribution is 1.97. The lowest BCUT2D eigenvalue weighted by molar-refractivity contribution is 0.116. The van der Waals surface area contributed by atoms with Crippen LogP contribution in [0.2, 0.25) is 0 Å². The number of aromatic nitrogens is 3. The summed E-state index contributed by atoms with van der Waals surface area (Å²) in [6, 6.07) is 0. The molecule has 2 N–H and O–H groups in total. The summed E-state index contributed by atoms with van der Waals surface area (Å²) in [5, 5.41) is 6.91. The van der Waals surface area contributed by atoms with Gasteiger partial charge in [0.15, 0.2) is 5.82 Å². The van der Waals surface area contributed by atoms with Crippen molar-refractivity contribution < 1.29 is 8.78 Å². The minimum absolute atomic E-state index is 0.153. The lowest BCUT2D eigenvalue weighted by Crippen LogP contribution is -2.09. The molecular formula is C4H6F2N4. The molecule has 0 aliphatic carbocycles. The van der Waals surface area contributed by atoms with Gasteiger partial charge in [0.2, 0.25) is 0 Å². The summed E-state index contributed by atoms with van der Waals surface area (Å²) in [4.78, 5) is 0.861. The van der Waals surface area contributed by atoms with Crippen molar-refractivity contribution >= 4 is 5.82 Å². The molecule has 0 radical (unpaired) electrons. The molecule has 4 nitrogen and oxygen atoms in total. The van der Waals surface area contributed by atoms with E-state index in [2.05, 4.69) is 10.2 Å². The Morgan fingerprint density at radius 2 is 2.40 bits per heavy atom. The minimum Gasteiger partial charge on any atom is -0.381 e. The Morgan fingerprint density at radius 3 is 2.80 bits per heavy atom. The van der Waals surface area contributed by atoms with Crippen molar-refractivity contribution in [3.05, 3.63) is 6.20 Å². The number of anilines is 1. The maximum absolute atomic E-state index is 11.6. The zero-order chi connectivity index (χ0) is 7.56. The van der Waals surface area contributed by atoms with Crippen molar-refractivity contribution in [3.63, 3.8) is 0 Å². The smallest absolute Gasteiger partial charge is 0.259 e. The summed E-state index contributed by atoms with van der Waals surface area (Å²) in [7, 11) is 0. The number of nitrogens with two attached hydrogens (primary N) is 1. The molecule has 6 heteroatoms. The average molecular weight is 148 g/mol. The highest BCUT2D eigenvalue weighted by molar-refractivity contribution is 5.19. The Kier molecular flexibility index (Phi) is 1.79. The van der Waals surface area contributed by atoms with Crippen molar-refractivity contribution in [2.45, 2.75) is 13.0 Å². The first-order valence-electron chi connectivity index (χ1n) is 2.62. The summed E-state index contributed by atoms with van der Waals surface area (Å²) < 4.78 is 23.2. The summed E-state index contributed by atoms with van der Waals surface area (Å²) >= 11 is 0. The number of nitrogen functional groups attached to an aromatic ring is 1. The van der Waals surface area contributed by atoms with Crippen LogP contribution in [0.4, 0.5) is 14.6 Å². The monoisotopic (exact) mass is 148 g/mol. The van der Waals surface area contributed by atoms with E-state index in [1.54, 1.807) is 0 Å². The van der Waals surface area contributed by atoms with Crippen LogP contribution in [0, 0.1) is 0 Å². The zero-order valence-electron chi connectivity index (χ0n) is 5.04. The van der Waals surface area contributed by atoms with E-state index in [4.69, 9.17) is 5.73 Å². The Balaban J connectivity index is 2.58. The van der Waals surface area contributed by atoms with Crippen molar-refractivity contribution in [1.82, 2.24) is 15.0 Å². The van der Waals surface area contributed by atoms with E-state index >= 15 is 0 Å². The molecule has 56 valence electrons. The van der Waals surface area contributed by atoms with Gasteiger partial charge >= 0.3 is 0 Å². The summed E-state index contributed by atoms with van der Waals surface area (Å²) in [6.07, 6.45) is -1.21. The highest BCUT2D eigenvalue weighted by atomic mass is 19.3. The molecule has 0 bridgehead atoms. The van der Waals surface area contributed by atoms with Crippen LogP contribution in [0.3, 0.4) is 0 Å². The molecule has 0 atom stereocenters. The first kappa shape index (κ1) is 6.91. The van der Waals surface area contributed by atoms with Gasteiger partial charge in [0, 0.05) is 0 Å². The van der Waals surface area contributed by atoms with Gasteiger partial charge in [0.1, 0.15) is 6.54 Å². The molecular weight excluding hydrogens is 142 g/mol. The van der Waals surface area contributed by atoms with E-state index in [0.717, 1.165) is 4.80 Å². The molecule has 10 heavy (non-hydrogen) atoms. The van der Waals surface area contributed by atoms with Crippen LogP contribution in [0.15, 0.2) is 6.20 Å². The van der Waals surface area contributed by atoms with Crippen LogP contribution in [0.5, 0.6) is 0 Å². The molecule has 0 aromatic carbocycles. The predicted octanol–water partition coefficient (Wildman–Crippen LogP) is 0.125. The van der Waals surface area contributed by atoms with Crippen LogP contribution in [-0.2, 0) is 6.54 Å². The topological polar surface area (TPSA) is 56.7 Å². The van der Waals surface area contributed by atoms with E-state index < -0.39 is 13.0 Å². The molecule has 1 aromatic heterocycles. The first-order valence-corrected chi connectivity index (χ1v) is 2.62. The predicted molar refractivity (Wildman–Crippen MR) is 30.4 cm³/mol. The maximum atomic E-state index is 11.6. The molecule has 0 saturated heterocycles. The Hall–Kier alpha value is -1.20. The van der Waals surface area contributed by atoms with Crippen LogP contribution in [0.25, 0.3) is 0 Å². The van der Waals surface area contributed by atoms with Gasteiger partial charge < -0.3 is 5.73 Å². The zero-order valence-corrected chi connectivity index (χ0v) is 5.04. The van der Waals surface area contributed by atoms with Gasteiger partial charge in [-0.2, -0.15) is 9.90 Å². The number of hydrogen-bond acceptors (Lipinski definition) is 3. The van der Waals surface area contributed by atoms with Gasteiger partial charge in [0.05, 0.1) is 6.20 Å². The molecule has 0 aliphatic rings. The normalized spacial score (nSPS) is 10.7. The molecule has 1 aromatic rings. The van der Waals surface area contributed by atoms with Gasteiger partial charge in [-0.05, 0) is 0 Å². The molecule has 1 rings (SSSR count). The van der Waals surface area contributed by atoms with Gasteiger partial charge in [-0.15, -0.1) is 5.10 Å². The van der Waals surface area contributed by atoms with Crippen LogP contribution >= 0.6 is 0 Å². The largest absolute Gasteiger partial charge is 0.381 e. The third kappa shape index (κ3) is 1.64. The highest BCUT2D eigenvalue weighted by Gasteiger charge is 2.04. The van der Waals surface area contributed by atoms with E-state index in [0.29, 0.717) is 0 Å². The minimum atomic E-state index is -2.44. The summed E-state index contributed by atoms with van der Waals surface area (Å²) in [5.74, 6) is 0.153. The number of halogens is 2. The fourth-order valence-electron chi connectivity index (χ4n) is 0.522. The Bertz CT molecular complexity index is 209. The third-order valence-corrected chi connectivity index (χ3v) is 0.856. The van der Waals surface area contributed by atoms with Crippen LogP contribution < -0.4 is 5.73 Å². The average Bonchev–Trinajstić information content (AvgIpc) is 2.13. The van der Waals surface area contributed by atoms with Crippen LogP contribution in [-0.4, -0.2) is 21.4 Å². The molecule has 1 heterocycles. The lowest BCUT2D eigenvalue weighted by atomic mass is 10.7. The van der Waals surface area contributed by atoms with Gasteiger partial charge in [0.25, 0.3) is 6.43 Å². The Morgan fingerprint density at radius 1 is 1.70 bits per heavy atom. The van der Waals surface area contributed by atoms with E-state index in [-0.39, 0.29) is 5.82 Å². The van der Waals surface area contributed by atoms with Crippen molar-refractivity contribution in [2.75, 3.05) is 5.73 Å². The fraction of sp³-hybridized carbons (Fsp3) is 0.500. The number of alkyl halides is 2. The summed E-state index contributed by atoms with van der Waals surface area (Å²) in [5.41, 5.74) is 5.11. The van der Waals surface area contributed by atoms with Gasteiger partial charge in [-0.25, -0.2) is 8.78 Å². The maximum Gasteiger partial charge on any atom is 0.259 e. The SMILES string of the molecule is Nc1cnn(CC(F)F)n1. The lowest BCUT2D eigenvalue weighted by Gasteiger charge is -1.94. The molecule has 0 fully saturated rings. The first-order chi connectivity index (χ1) is 4.68. The standard InChI is InChI=1S/C4H6F2N4/c5-3(6)2-10-8-1-4(7)9-10/h1,3H,2H2,(H2,7,9). The molecule has 0 unspecified atom stereocenters. The van der Waals surface area contributed by atoms with E-state index in [1.807, 2.05) is 0 Å². The number of nitrogens with zero attached hydrogens (tertiary/aromatic N) is 3. The van der Waals surface area contributed by atoms with Gasteiger partial charge in [-0.1, -0.05) is 0 Å². The van der Waals surface area contributed by atoms with Gasteiger partial charge in [-0.3, -0.25) is 0 Å². The number of hydrogen-bond donors (Lipinski definition) is 1. The molecule has 0 amide bonds. The second-order valence-corrected chi connectivity index (χ2v) is 1.72. The van der Waals surface area contributed by atoms with Crippen molar-refractivity contribution in [3.8, 4) is 0 Å². The molecule has 0 spiro atoms. The van der Waals surface area contributed by atoms with E-state index in [1.165, 1.54) is 6.20 Å². The quantitative estimate of drug-likeness (QED) is 0.648. The second kappa shape index (κ2) is 2.59. The molecule has 0 saturated carbocycles. The fourth-order valence-corrected chi connectivity index (χ4v) is 0.522. The van der Waals surface area contributed by atoms with E-state index in [9.17, 15) is 8.78 Å². The third-order valence-electron chi connectivity index (χ3n) is 0.856. The Labute approximate surface area is 55.6 Å². The number of rotatable bonds is 2. The second-order valence-electron chi connectivity index (χ2n) is 1.72. The van der Waals surface area contributed by atoms with Crippen molar-refractivity contribution in [2.24, 2.45) is 0 Å². The van der Waals surface area contributed by atoms with Crippen molar-refractivity contribution in [1.29, 1.82) is 0 Å². The molecule has 0 aliphatic heterocycles.